The van der Waals surface area contributed by atoms with Crippen molar-refractivity contribution in [2.45, 2.75) is 136 Å². The van der Waals surface area contributed by atoms with Gasteiger partial charge in [-0.05, 0) is 220 Å². The van der Waals surface area contributed by atoms with E-state index in [4.69, 9.17) is 0 Å². The Hall–Kier alpha value is -8.54. The van der Waals surface area contributed by atoms with Gasteiger partial charge in [0.15, 0.2) is 0 Å². The van der Waals surface area contributed by atoms with Gasteiger partial charge in [0.1, 0.15) is 0 Å². The number of aryl methyl sites for hydroxylation is 1. The Balaban J connectivity index is 1.01. The summed E-state index contributed by atoms with van der Waals surface area (Å²) < 4.78 is 0. The maximum atomic E-state index is 2.81. The molecule has 0 saturated heterocycles. The van der Waals surface area contributed by atoms with Crippen molar-refractivity contribution in [1.29, 1.82) is 0 Å². The maximum absolute atomic E-state index is 2.81. The molecule has 5 heteroatoms. The predicted molar refractivity (Wildman–Crippen MR) is 372 cm³/mol. The number of para-hydroxylation sites is 2. The average molecular weight is 1130 g/mol. The Morgan fingerprint density at radius 1 is 0.425 bits per heavy atom. The molecular weight excluding hydrogens is 1050 g/mol. The van der Waals surface area contributed by atoms with Crippen LogP contribution in [0.4, 0.5) is 62.6 Å². The van der Waals surface area contributed by atoms with Crippen LogP contribution in [-0.4, -0.2) is 12.3 Å². The number of rotatable bonds is 8. The van der Waals surface area contributed by atoms with Gasteiger partial charge in [0.2, 0.25) is 0 Å². The zero-order valence-electron chi connectivity index (χ0n) is 52.9. The zero-order chi connectivity index (χ0) is 59.9. The van der Waals surface area contributed by atoms with Gasteiger partial charge in [0, 0.05) is 67.7 Å². The van der Waals surface area contributed by atoms with Gasteiger partial charge in [-0.15, -0.1) is 0 Å². The van der Waals surface area contributed by atoms with Crippen LogP contribution in [0.15, 0.2) is 218 Å². The fourth-order valence-corrected chi connectivity index (χ4v) is 16.3. The van der Waals surface area contributed by atoms with E-state index in [1.807, 2.05) is 0 Å². The van der Waals surface area contributed by atoms with Crippen LogP contribution in [0.3, 0.4) is 0 Å². The van der Waals surface area contributed by atoms with Crippen molar-refractivity contribution >= 4 is 85.7 Å². The first kappa shape index (κ1) is 55.1. The highest BCUT2D eigenvalue weighted by Crippen LogP contribution is 2.62. The number of hydrogen-bond donors (Lipinski definition) is 0. The fraction of sp³-hybridized carbons (Fsp3) is 0.268. The number of fused-ring (bicyclic) bond motifs is 8. The van der Waals surface area contributed by atoms with Crippen LogP contribution >= 0.6 is 0 Å². The molecule has 5 aliphatic rings. The van der Waals surface area contributed by atoms with Crippen LogP contribution in [0, 0.1) is 12.3 Å². The molecule has 2 atom stereocenters. The first-order valence-corrected chi connectivity index (χ1v) is 32.1. The zero-order valence-corrected chi connectivity index (χ0v) is 52.9. The average Bonchev–Trinajstić information content (AvgIpc) is 1.68. The highest BCUT2D eigenvalue weighted by Gasteiger charge is 2.58. The van der Waals surface area contributed by atoms with Crippen LogP contribution in [0.1, 0.15) is 128 Å². The lowest BCUT2D eigenvalue weighted by Gasteiger charge is -2.51. The number of hydrogen-bond acceptors (Lipinski definition) is 4. The summed E-state index contributed by atoms with van der Waals surface area (Å²) in [6.45, 7) is 26.4. The van der Waals surface area contributed by atoms with Crippen molar-refractivity contribution in [2.24, 2.45) is 5.41 Å². The molecule has 1 fully saturated rings. The molecular formula is C82H81BN4. The van der Waals surface area contributed by atoms with Gasteiger partial charge in [0.25, 0.3) is 6.71 Å². The van der Waals surface area contributed by atoms with Crippen molar-refractivity contribution < 1.29 is 0 Å². The van der Waals surface area contributed by atoms with E-state index in [1.165, 1.54) is 136 Å². The van der Waals surface area contributed by atoms with Crippen LogP contribution in [0.5, 0.6) is 0 Å². The lowest BCUT2D eigenvalue weighted by molar-refractivity contribution is 0.195. The molecule has 2 aliphatic carbocycles. The van der Waals surface area contributed by atoms with Crippen molar-refractivity contribution in [3.8, 4) is 22.3 Å². The molecule has 15 rings (SSSR count). The summed E-state index contributed by atoms with van der Waals surface area (Å²) in [5.74, 6) is 0. The Bertz CT molecular complexity index is 4310. The van der Waals surface area contributed by atoms with E-state index in [2.05, 4.69) is 314 Å². The summed E-state index contributed by atoms with van der Waals surface area (Å²) in [4.78, 5) is 10.6. The number of benzene rings is 10. The highest BCUT2D eigenvalue weighted by atomic mass is 15.3. The van der Waals surface area contributed by atoms with Crippen LogP contribution in [-0.2, 0) is 29.1 Å². The molecule has 0 bridgehead atoms. The van der Waals surface area contributed by atoms with E-state index in [1.54, 1.807) is 0 Å². The predicted octanol–water partition coefficient (Wildman–Crippen LogP) is 20.3. The molecule has 10 aromatic carbocycles. The van der Waals surface area contributed by atoms with Gasteiger partial charge in [0.05, 0.1) is 16.9 Å². The van der Waals surface area contributed by atoms with Crippen LogP contribution < -0.4 is 36.0 Å². The molecule has 87 heavy (non-hydrogen) atoms. The first-order valence-electron chi connectivity index (χ1n) is 32.1. The van der Waals surface area contributed by atoms with E-state index >= 15 is 0 Å². The smallest absolute Gasteiger partial charge is 0.252 e. The second-order valence-corrected chi connectivity index (χ2v) is 29.3. The second-order valence-electron chi connectivity index (χ2n) is 29.3. The molecule has 0 radical (unpaired) electrons. The minimum Gasteiger partial charge on any atom is -0.334 e. The third kappa shape index (κ3) is 8.83. The summed E-state index contributed by atoms with van der Waals surface area (Å²) in [5.41, 5.74) is 30.6. The van der Waals surface area contributed by atoms with Gasteiger partial charge in [-0.1, -0.05) is 190 Å². The molecule has 0 amide bonds. The summed E-state index contributed by atoms with van der Waals surface area (Å²) in [7, 11) is 0. The Morgan fingerprint density at radius 2 is 0.908 bits per heavy atom. The van der Waals surface area contributed by atoms with Gasteiger partial charge in [-0.25, -0.2) is 0 Å². The summed E-state index contributed by atoms with van der Waals surface area (Å²) in [5, 5.41) is 0. The minimum atomic E-state index is -0.191. The van der Waals surface area contributed by atoms with Gasteiger partial charge in [-0.2, -0.15) is 0 Å². The van der Waals surface area contributed by atoms with E-state index in [0.717, 1.165) is 37.1 Å². The molecule has 10 aromatic rings. The molecule has 2 unspecified atom stereocenters. The standard InChI is InChI=1S/C82H81BN4/c1-54-44-75-77-76(45-54)86(71-39-35-60(79(5,6)7)49-66(71)56-28-18-13-19-29-56)74-47-58-53-80(8,9)52-57(58)46-68(74)83(77)69-51-64(37-41-73(69)85(75)70-38-34-59(78(2,3)4)48-65(70)55-26-16-12-17-27-55)87-72-40-36-63(50-67(72)81(10)42-24-25-43-82(81,87)11)84(61-30-20-14-21-31-61)62-32-22-15-23-33-62/h12-23,26-41,44-51H,24-25,42-43,52-53H2,1-11H3. The Kier molecular flexibility index (Phi) is 12.7. The van der Waals surface area contributed by atoms with Gasteiger partial charge in [-0.3, -0.25) is 0 Å². The summed E-state index contributed by atoms with van der Waals surface area (Å²) in [6, 6.07) is 84.2. The van der Waals surface area contributed by atoms with Crippen molar-refractivity contribution in [2.75, 3.05) is 19.6 Å². The molecule has 3 aliphatic heterocycles. The van der Waals surface area contributed by atoms with E-state index < -0.39 is 0 Å². The fourth-order valence-electron chi connectivity index (χ4n) is 16.3. The minimum absolute atomic E-state index is 0.0439. The largest absolute Gasteiger partial charge is 0.334 e. The normalized spacial score (nSPS) is 18.8. The monoisotopic (exact) mass is 1130 g/mol. The first-order chi connectivity index (χ1) is 41.8. The molecule has 0 spiro atoms. The lowest BCUT2D eigenvalue weighted by atomic mass is 9.33. The van der Waals surface area contributed by atoms with Gasteiger partial charge < -0.3 is 19.6 Å². The molecule has 1 saturated carbocycles. The molecule has 432 valence electrons. The van der Waals surface area contributed by atoms with E-state index in [9.17, 15) is 0 Å². The number of nitrogens with zero attached hydrogens (tertiary/aromatic N) is 4. The number of anilines is 11. The maximum Gasteiger partial charge on any atom is 0.252 e. The SMILES string of the molecule is Cc1cc2c3c(c1)N(c1ccc(C(C)(C)C)cc1-c1ccccc1)c1cc4c(cc1B3c1cc(N3c5ccc(N(c6ccccc6)c6ccccc6)cc5C5(C)CCCCC35C)ccc1N2c1ccc(C(C)(C)C)cc1-c1ccccc1)CC(C)(C)C4. The topological polar surface area (TPSA) is 13.0 Å². The van der Waals surface area contributed by atoms with Crippen molar-refractivity contribution in [3.05, 3.63) is 252 Å². The molecule has 3 heterocycles. The Labute approximate surface area is 518 Å². The van der Waals surface area contributed by atoms with Crippen molar-refractivity contribution in [1.82, 2.24) is 0 Å². The summed E-state index contributed by atoms with van der Waals surface area (Å²) in [6.07, 6.45) is 6.75. The Morgan fingerprint density at radius 3 is 1.46 bits per heavy atom. The van der Waals surface area contributed by atoms with E-state index in [0.29, 0.717) is 0 Å². The molecule has 4 nitrogen and oxygen atoms in total. The quantitative estimate of drug-likeness (QED) is 0.141. The third-order valence-electron chi connectivity index (χ3n) is 20.9. The third-order valence-corrected chi connectivity index (χ3v) is 20.9. The molecule has 0 N–H and O–H groups in total. The van der Waals surface area contributed by atoms with Crippen LogP contribution in [0.25, 0.3) is 22.3 Å². The summed E-state index contributed by atoms with van der Waals surface area (Å²) >= 11 is 0. The molecule has 0 aromatic heterocycles. The highest BCUT2D eigenvalue weighted by molar-refractivity contribution is 7.00. The van der Waals surface area contributed by atoms with Gasteiger partial charge >= 0.3 is 0 Å². The lowest BCUT2D eigenvalue weighted by Crippen LogP contribution is -2.62. The van der Waals surface area contributed by atoms with Crippen LogP contribution in [0.2, 0.25) is 0 Å². The second kappa shape index (κ2) is 20.0. The van der Waals surface area contributed by atoms with E-state index in [-0.39, 0.29) is 33.9 Å². The van der Waals surface area contributed by atoms with Crippen molar-refractivity contribution in [3.63, 3.8) is 0 Å².